The Morgan fingerprint density at radius 3 is 2.83 bits per heavy atom. The van der Waals surface area contributed by atoms with Crippen molar-refractivity contribution in [3.05, 3.63) is 17.7 Å². The lowest BCUT2D eigenvalue weighted by Gasteiger charge is -2.32. The van der Waals surface area contributed by atoms with Gasteiger partial charge in [-0.2, -0.15) is 4.31 Å². The van der Waals surface area contributed by atoms with E-state index < -0.39 is 16.1 Å². The number of nitrogens with zero attached hydrogens (tertiary/aromatic N) is 1. The fourth-order valence-electron chi connectivity index (χ4n) is 3.60. The maximum atomic E-state index is 13.3. The molecule has 160 valence electrons. The topological polar surface area (TPSA) is 105 Å². The summed E-state index contributed by atoms with van der Waals surface area (Å²) in [7, 11) is -3.80. The van der Waals surface area contributed by atoms with Crippen molar-refractivity contribution in [1.82, 2.24) is 9.62 Å². The third kappa shape index (κ3) is 4.40. The number of carbonyl (C=O) groups excluding carboxylic acids is 2. The fourth-order valence-corrected chi connectivity index (χ4v) is 5.34. The lowest BCUT2D eigenvalue weighted by Crippen LogP contribution is -2.47. The average Bonchev–Trinajstić information content (AvgIpc) is 2.68. The van der Waals surface area contributed by atoms with Gasteiger partial charge in [-0.1, -0.05) is 6.92 Å². The minimum Gasteiger partial charge on any atom is -0.479 e. The third-order valence-corrected chi connectivity index (χ3v) is 7.59. The Kier molecular flexibility index (Phi) is 6.19. The molecular formula is C20H29N3O5S. The lowest BCUT2D eigenvalue weighted by molar-refractivity contribution is -0.126. The molecule has 0 unspecified atom stereocenters. The van der Waals surface area contributed by atoms with Gasteiger partial charge < -0.3 is 15.4 Å². The molecule has 0 aromatic heterocycles. The molecule has 9 heteroatoms. The van der Waals surface area contributed by atoms with Gasteiger partial charge in [-0.3, -0.25) is 9.59 Å². The Balaban J connectivity index is 1.84. The minimum absolute atomic E-state index is 0.0618. The summed E-state index contributed by atoms with van der Waals surface area (Å²) in [6.07, 6.45) is 1.43. The summed E-state index contributed by atoms with van der Waals surface area (Å²) in [6, 6.07) is 3.15. The molecule has 1 fully saturated rings. The van der Waals surface area contributed by atoms with Gasteiger partial charge in [0.05, 0.1) is 16.5 Å². The van der Waals surface area contributed by atoms with Crippen molar-refractivity contribution in [2.75, 3.05) is 18.4 Å². The minimum atomic E-state index is -3.80. The summed E-state index contributed by atoms with van der Waals surface area (Å²) >= 11 is 0. The molecule has 8 nitrogen and oxygen atoms in total. The van der Waals surface area contributed by atoms with Crippen molar-refractivity contribution in [3.8, 4) is 5.75 Å². The van der Waals surface area contributed by atoms with Crippen LogP contribution in [0.2, 0.25) is 0 Å². The molecule has 1 saturated heterocycles. The van der Waals surface area contributed by atoms with Crippen molar-refractivity contribution >= 4 is 27.5 Å². The molecule has 3 atom stereocenters. The lowest BCUT2D eigenvalue weighted by atomic mass is 9.98. The van der Waals surface area contributed by atoms with Crippen LogP contribution < -0.4 is 15.4 Å². The first-order valence-electron chi connectivity index (χ1n) is 10.1. The Bertz CT molecular complexity index is 915. The van der Waals surface area contributed by atoms with Crippen molar-refractivity contribution < 1.29 is 22.7 Å². The van der Waals surface area contributed by atoms with Crippen LogP contribution in [0.3, 0.4) is 0 Å². The number of amides is 2. The van der Waals surface area contributed by atoms with Gasteiger partial charge >= 0.3 is 0 Å². The van der Waals surface area contributed by atoms with E-state index >= 15 is 0 Å². The Labute approximate surface area is 172 Å². The van der Waals surface area contributed by atoms with Gasteiger partial charge in [0.1, 0.15) is 5.75 Å². The molecule has 2 N–H and O–H groups in total. The summed E-state index contributed by atoms with van der Waals surface area (Å²) < 4.78 is 33.6. The molecule has 0 radical (unpaired) electrons. The van der Waals surface area contributed by atoms with Crippen LogP contribution in [0.4, 0.5) is 5.69 Å². The Morgan fingerprint density at radius 1 is 1.41 bits per heavy atom. The van der Waals surface area contributed by atoms with Gasteiger partial charge in [-0.25, -0.2) is 8.42 Å². The van der Waals surface area contributed by atoms with E-state index in [1.807, 2.05) is 13.8 Å². The molecular weight excluding hydrogens is 394 g/mol. The molecule has 0 aliphatic carbocycles. The number of piperidine rings is 1. The summed E-state index contributed by atoms with van der Waals surface area (Å²) in [4.78, 5) is 24.4. The number of anilines is 1. The highest BCUT2D eigenvalue weighted by molar-refractivity contribution is 7.89. The van der Waals surface area contributed by atoms with Gasteiger partial charge in [0.15, 0.2) is 6.10 Å². The largest absolute Gasteiger partial charge is 0.479 e. The molecule has 3 rings (SSSR count). The maximum Gasteiger partial charge on any atom is 0.265 e. The maximum absolute atomic E-state index is 13.3. The predicted molar refractivity (Wildman–Crippen MR) is 109 cm³/mol. The number of hydrogen-bond acceptors (Lipinski definition) is 5. The summed E-state index contributed by atoms with van der Waals surface area (Å²) in [5.41, 5.74) is 0.988. The van der Waals surface area contributed by atoms with Crippen molar-refractivity contribution in [3.63, 3.8) is 0 Å². The number of benzene rings is 1. The van der Waals surface area contributed by atoms with Crippen molar-refractivity contribution in [2.24, 2.45) is 5.92 Å². The quantitative estimate of drug-likeness (QED) is 0.754. The van der Waals surface area contributed by atoms with E-state index in [0.29, 0.717) is 36.4 Å². The molecule has 2 aliphatic heterocycles. The highest BCUT2D eigenvalue weighted by Crippen LogP contribution is 2.36. The normalized spacial score (nSPS) is 23.5. The number of carbonyl (C=O) groups is 2. The van der Waals surface area contributed by atoms with E-state index in [1.54, 1.807) is 19.9 Å². The van der Waals surface area contributed by atoms with Crippen LogP contribution in [0.1, 0.15) is 45.6 Å². The van der Waals surface area contributed by atoms with Crippen LogP contribution in [-0.4, -0.2) is 49.8 Å². The van der Waals surface area contributed by atoms with Gasteiger partial charge in [0.25, 0.3) is 5.91 Å². The first-order chi connectivity index (χ1) is 13.6. The predicted octanol–water partition coefficient (Wildman–Crippen LogP) is 2.03. The van der Waals surface area contributed by atoms with E-state index in [-0.39, 0.29) is 35.2 Å². The standard InChI is InChI=1S/C20H29N3O5S/c1-5-13(3)21-20(25)15-7-6-8-23(11-15)29(26,27)18-10-17-16(9-12(18)2)22-19(24)14(4)28-17/h9-10,13-15H,5-8,11H2,1-4H3,(H,21,25)(H,22,24)/t13-,14+,15+/m0/s1. The summed E-state index contributed by atoms with van der Waals surface area (Å²) in [5.74, 6) is -0.384. The van der Waals surface area contributed by atoms with Gasteiger partial charge in [0, 0.05) is 25.2 Å². The van der Waals surface area contributed by atoms with Crippen LogP contribution in [0.5, 0.6) is 5.75 Å². The van der Waals surface area contributed by atoms with E-state index in [0.717, 1.165) is 6.42 Å². The molecule has 1 aromatic rings. The number of sulfonamides is 1. The second-order valence-corrected chi connectivity index (χ2v) is 9.79. The second-order valence-electron chi connectivity index (χ2n) is 7.88. The zero-order chi connectivity index (χ0) is 21.3. The summed E-state index contributed by atoms with van der Waals surface area (Å²) in [6.45, 7) is 7.76. The molecule has 2 amide bonds. The number of nitrogens with one attached hydrogen (secondary N) is 2. The number of hydrogen-bond donors (Lipinski definition) is 2. The van der Waals surface area contributed by atoms with Crippen molar-refractivity contribution in [2.45, 2.75) is 64.0 Å². The van der Waals surface area contributed by atoms with E-state index in [1.165, 1.54) is 10.4 Å². The molecule has 1 aromatic carbocycles. The first-order valence-corrected chi connectivity index (χ1v) is 11.5. The summed E-state index contributed by atoms with van der Waals surface area (Å²) in [5, 5.41) is 5.68. The van der Waals surface area contributed by atoms with E-state index in [2.05, 4.69) is 10.6 Å². The molecule has 0 saturated carbocycles. The molecule has 29 heavy (non-hydrogen) atoms. The highest BCUT2D eigenvalue weighted by Gasteiger charge is 2.35. The number of aryl methyl sites for hydroxylation is 1. The van der Waals surface area contributed by atoms with Crippen molar-refractivity contribution in [1.29, 1.82) is 0 Å². The van der Waals surface area contributed by atoms with E-state index in [4.69, 9.17) is 4.74 Å². The zero-order valence-corrected chi connectivity index (χ0v) is 18.1. The molecule has 0 spiro atoms. The molecule has 2 heterocycles. The monoisotopic (exact) mass is 423 g/mol. The SMILES string of the molecule is CC[C@H](C)NC(=O)[C@@H]1CCCN(S(=O)(=O)c2cc3c(cc2C)NC(=O)[C@@H](C)O3)C1. The number of fused-ring (bicyclic) bond motifs is 1. The van der Waals surface area contributed by atoms with Crippen LogP contribution in [0, 0.1) is 12.8 Å². The highest BCUT2D eigenvalue weighted by atomic mass is 32.2. The van der Waals surface area contributed by atoms with Crippen LogP contribution in [-0.2, 0) is 19.6 Å². The van der Waals surface area contributed by atoms with Crippen LogP contribution in [0.15, 0.2) is 17.0 Å². The molecule has 2 aliphatic rings. The van der Waals surface area contributed by atoms with E-state index in [9.17, 15) is 18.0 Å². The molecule has 0 bridgehead atoms. The van der Waals surface area contributed by atoms with Gasteiger partial charge in [-0.15, -0.1) is 0 Å². The fraction of sp³-hybridized carbons (Fsp3) is 0.600. The Morgan fingerprint density at radius 2 is 2.14 bits per heavy atom. The first kappa shape index (κ1) is 21.6. The number of rotatable bonds is 5. The van der Waals surface area contributed by atoms with Crippen LogP contribution >= 0.6 is 0 Å². The van der Waals surface area contributed by atoms with Gasteiger partial charge in [-0.05, 0) is 51.7 Å². The smallest absolute Gasteiger partial charge is 0.265 e. The Hall–Kier alpha value is -2.13. The second kappa shape index (κ2) is 8.31. The van der Waals surface area contributed by atoms with Crippen LogP contribution in [0.25, 0.3) is 0 Å². The third-order valence-electron chi connectivity index (χ3n) is 5.58. The average molecular weight is 424 g/mol. The van der Waals surface area contributed by atoms with Gasteiger partial charge in [0.2, 0.25) is 15.9 Å². The zero-order valence-electron chi connectivity index (χ0n) is 17.3. The number of ether oxygens (including phenoxy) is 1.